The number of aliphatic carboxylic acids is 1. The van der Waals surface area contributed by atoms with Crippen LogP contribution in [0.2, 0.25) is 0 Å². The van der Waals surface area contributed by atoms with Crippen LogP contribution >= 0.6 is 0 Å². The molecule has 11 heteroatoms. The first-order valence-corrected chi connectivity index (χ1v) is 13.1. The lowest BCUT2D eigenvalue weighted by Gasteiger charge is -2.59. The van der Waals surface area contributed by atoms with E-state index in [1.54, 1.807) is 6.92 Å². The van der Waals surface area contributed by atoms with Crippen LogP contribution < -0.4 is 0 Å². The number of aliphatic hydroxyl groups is 5. The van der Waals surface area contributed by atoms with E-state index in [1.165, 1.54) is 0 Å². The Balaban J connectivity index is 1.42. The van der Waals surface area contributed by atoms with Crippen molar-refractivity contribution in [2.75, 3.05) is 13.2 Å². The number of carboxylic acid groups (broad SMARTS) is 1. The number of carbonyl (C=O) groups is 2. The van der Waals surface area contributed by atoms with E-state index in [1.807, 2.05) is 0 Å². The van der Waals surface area contributed by atoms with Gasteiger partial charge in [0, 0.05) is 11.3 Å². The highest BCUT2D eigenvalue weighted by molar-refractivity contribution is 5.83. The maximum absolute atomic E-state index is 13.4. The fourth-order valence-corrected chi connectivity index (χ4v) is 9.65. The summed E-state index contributed by atoms with van der Waals surface area (Å²) < 4.78 is 17.3. The Morgan fingerprint density at radius 1 is 1.11 bits per heavy atom. The van der Waals surface area contributed by atoms with E-state index in [-0.39, 0.29) is 24.9 Å². The van der Waals surface area contributed by atoms with Crippen LogP contribution in [0.3, 0.4) is 0 Å². The van der Waals surface area contributed by atoms with Crippen LogP contribution in [-0.2, 0) is 23.8 Å². The molecule has 206 valence electrons. The summed E-state index contributed by atoms with van der Waals surface area (Å²) in [6, 6.07) is 0. The molecule has 6 aliphatic rings. The summed E-state index contributed by atoms with van der Waals surface area (Å²) in [7, 11) is 0. The van der Waals surface area contributed by atoms with Gasteiger partial charge < -0.3 is 44.8 Å². The van der Waals surface area contributed by atoms with Gasteiger partial charge in [0.15, 0.2) is 6.29 Å². The number of fused-ring (bicyclic) bond motifs is 1. The predicted octanol–water partition coefficient (Wildman–Crippen LogP) is -0.821. The number of hydrogen-bond acceptors (Lipinski definition) is 10. The molecule has 0 aromatic rings. The topological polar surface area (TPSA) is 183 Å². The second-order valence-corrected chi connectivity index (χ2v) is 12.5. The van der Waals surface area contributed by atoms with Gasteiger partial charge in [0.05, 0.1) is 36.8 Å². The van der Waals surface area contributed by atoms with Crippen LogP contribution in [0, 0.1) is 39.9 Å². The van der Waals surface area contributed by atoms with Crippen molar-refractivity contribution in [3.8, 4) is 0 Å². The number of rotatable bonds is 4. The number of allylic oxidation sites excluding steroid dienone is 1. The molecule has 0 amide bonds. The standard InChI is InChI=1S/C26H36O11/c1-10-5-25-6-11(10)3-4-14(25)26-7-12(36-22-18(30)17(29)16(28)13(8-27)37-22)20(31)24(2,23(34)35-9-26)19(26)15(25)21(32)33/h11-20,22,27-31H,1,3-9H2,2H3,(H,32,33)/t11-,12+,13-,14-,15-,16-,17+,18-,19-,20+,22-,24+,25+,26-/m1/s1. The van der Waals surface area contributed by atoms with Crippen molar-refractivity contribution in [1.82, 2.24) is 0 Å². The highest BCUT2D eigenvalue weighted by Crippen LogP contribution is 2.79. The first kappa shape index (κ1) is 25.7. The van der Waals surface area contributed by atoms with Crippen LogP contribution in [0.25, 0.3) is 0 Å². The van der Waals surface area contributed by atoms with Gasteiger partial charge in [-0.25, -0.2) is 0 Å². The number of carboxylic acids is 1. The average molecular weight is 525 g/mol. The Morgan fingerprint density at radius 3 is 2.51 bits per heavy atom. The smallest absolute Gasteiger partial charge is 0.314 e. The van der Waals surface area contributed by atoms with Gasteiger partial charge >= 0.3 is 11.9 Å². The Hall–Kier alpha value is -1.60. The van der Waals surface area contributed by atoms with E-state index in [9.17, 15) is 40.2 Å². The van der Waals surface area contributed by atoms with Gasteiger partial charge in [-0.05, 0) is 56.3 Å². The molecular weight excluding hydrogens is 488 g/mol. The summed E-state index contributed by atoms with van der Waals surface area (Å²) in [6.07, 6.45) is -7.07. The zero-order valence-electron chi connectivity index (χ0n) is 20.7. The lowest BCUT2D eigenvalue weighted by atomic mass is 9.49. The Kier molecular flexibility index (Phi) is 5.69. The van der Waals surface area contributed by atoms with Crippen molar-refractivity contribution in [2.45, 2.75) is 81.9 Å². The second-order valence-electron chi connectivity index (χ2n) is 12.5. The van der Waals surface area contributed by atoms with Crippen LogP contribution in [0.5, 0.6) is 0 Å². The Morgan fingerprint density at radius 2 is 1.84 bits per heavy atom. The number of esters is 1. The number of ether oxygens (including phenoxy) is 3. The van der Waals surface area contributed by atoms with Crippen LogP contribution in [0.4, 0.5) is 0 Å². The lowest BCUT2D eigenvalue weighted by molar-refractivity contribution is -0.335. The molecule has 0 aromatic carbocycles. The summed E-state index contributed by atoms with van der Waals surface area (Å²) in [6.45, 7) is 5.18. The third kappa shape index (κ3) is 3.07. The number of aliphatic hydroxyl groups excluding tert-OH is 5. The quantitative estimate of drug-likeness (QED) is 0.200. The minimum atomic E-state index is -1.67. The molecule has 6 N–H and O–H groups in total. The number of carbonyl (C=O) groups excluding carboxylic acids is 1. The lowest BCUT2D eigenvalue weighted by Crippen LogP contribution is -2.69. The predicted molar refractivity (Wildman–Crippen MR) is 122 cm³/mol. The zero-order chi connectivity index (χ0) is 26.7. The van der Waals surface area contributed by atoms with Gasteiger partial charge in [-0.3, -0.25) is 9.59 Å². The fraction of sp³-hybridized carbons (Fsp3) is 0.846. The maximum atomic E-state index is 13.4. The van der Waals surface area contributed by atoms with Gasteiger partial charge in [-0.1, -0.05) is 12.2 Å². The molecule has 14 atom stereocenters. The molecule has 6 rings (SSSR count). The molecule has 0 aromatic heterocycles. The summed E-state index contributed by atoms with van der Waals surface area (Å²) in [5.74, 6) is -3.06. The van der Waals surface area contributed by atoms with Crippen molar-refractivity contribution >= 4 is 11.9 Å². The third-order valence-corrected chi connectivity index (χ3v) is 11.1. The molecule has 4 bridgehead atoms. The normalized spacial score (nSPS) is 56.4. The molecule has 2 saturated heterocycles. The zero-order valence-corrected chi connectivity index (χ0v) is 20.7. The SMILES string of the molecule is C=C1C[C@]23C[C@H]1CC[C@H]2[C@]12COC(=O)[C@](C)([C@@H](O)[C@@H](O[C@@H]4O[C@H](CO)[C@@H](O)[C@H](O)[C@H]4O)C1)[C@H]2[C@@H]3C(=O)O. The van der Waals surface area contributed by atoms with Gasteiger partial charge in [-0.15, -0.1) is 0 Å². The monoisotopic (exact) mass is 524 g/mol. The van der Waals surface area contributed by atoms with Gasteiger partial charge in [0.25, 0.3) is 0 Å². The maximum Gasteiger partial charge on any atom is 0.314 e. The van der Waals surface area contributed by atoms with Crippen LogP contribution in [-0.4, -0.2) is 98.7 Å². The summed E-state index contributed by atoms with van der Waals surface area (Å²) >= 11 is 0. The Bertz CT molecular complexity index is 1010. The Labute approximate surface area is 214 Å². The molecule has 2 aliphatic heterocycles. The van der Waals surface area contributed by atoms with Crippen LogP contribution in [0.15, 0.2) is 12.2 Å². The van der Waals surface area contributed by atoms with E-state index >= 15 is 0 Å². The summed E-state index contributed by atoms with van der Waals surface area (Å²) in [5, 5.41) is 62.7. The number of hydrogen-bond donors (Lipinski definition) is 6. The van der Waals surface area contributed by atoms with E-state index in [0.29, 0.717) is 12.8 Å². The van der Waals surface area contributed by atoms with Gasteiger partial charge in [0.2, 0.25) is 0 Å². The van der Waals surface area contributed by atoms with Crippen molar-refractivity contribution in [2.24, 2.45) is 39.9 Å². The highest BCUT2D eigenvalue weighted by Gasteiger charge is 2.81. The molecule has 0 unspecified atom stereocenters. The van der Waals surface area contributed by atoms with Crippen molar-refractivity contribution in [3.05, 3.63) is 12.2 Å². The van der Waals surface area contributed by atoms with E-state index in [2.05, 4.69) is 6.58 Å². The average Bonchev–Trinajstić information content (AvgIpc) is 3.27. The molecule has 1 spiro atoms. The first-order valence-electron chi connectivity index (χ1n) is 13.1. The van der Waals surface area contributed by atoms with E-state index < -0.39 is 89.5 Å². The van der Waals surface area contributed by atoms with Crippen LogP contribution in [0.1, 0.15) is 39.0 Å². The largest absolute Gasteiger partial charge is 0.481 e. The van der Waals surface area contributed by atoms with Crippen molar-refractivity contribution in [3.63, 3.8) is 0 Å². The minimum Gasteiger partial charge on any atom is -0.481 e. The van der Waals surface area contributed by atoms with Gasteiger partial charge in [0.1, 0.15) is 24.4 Å². The van der Waals surface area contributed by atoms with Crippen molar-refractivity contribution in [1.29, 1.82) is 0 Å². The first-order chi connectivity index (χ1) is 17.4. The van der Waals surface area contributed by atoms with Crippen molar-refractivity contribution < 1.29 is 54.4 Å². The molecule has 37 heavy (non-hydrogen) atoms. The molecule has 2 heterocycles. The number of cyclic esters (lactones) is 1. The molecule has 11 nitrogen and oxygen atoms in total. The summed E-state index contributed by atoms with van der Waals surface area (Å²) in [5.41, 5.74) is -1.92. The molecule has 0 radical (unpaired) electrons. The molecule has 6 fully saturated rings. The molecule has 4 aliphatic carbocycles. The second kappa shape index (κ2) is 8.20. The highest BCUT2D eigenvalue weighted by atomic mass is 16.7. The third-order valence-electron chi connectivity index (χ3n) is 11.1. The minimum absolute atomic E-state index is 0.0146. The fourth-order valence-electron chi connectivity index (χ4n) is 9.65. The molecule has 4 saturated carbocycles. The molecular formula is C26H36O11. The van der Waals surface area contributed by atoms with E-state index in [0.717, 1.165) is 18.4 Å². The van der Waals surface area contributed by atoms with Gasteiger partial charge in [-0.2, -0.15) is 0 Å². The van der Waals surface area contributed by atoms with E-state index in [4.69, 9.17) is 14.2 Å². The summed E-state index contributed by atoms with van der Waals surface area (Å²) in [4.78, 5) is 26.3.